The second-order valence-corrected chi connectivity index (χ2v) is 4.69. The van der Waals surface area contributed by atoms with Crippen LogP contribution in [0.15, 0.2) is 30.6 Å². The third kappa shape index (κ3) is 3.62. The van der Waals surface area contributed by atoms with E-state index in [1.165, 1.54) is 10.9 Å². The number of rotatable bonds is 5. The van der Waals surface area contributed by atoms with Crippen LogP contribution in [0.4, 0.5) is 20.2 Å². The lowest BCUT2D eigenvalue weighted by atomic mass is 10.1. The van der Waals surface area contributed by atoms with Crippen LogP contribution in [0.1, 0.15) is 6.92 Å². The zero-order valence-corrected chi connectivity index (χ0v) is 11.5. The number of carbonyl (C=O) groups is 1. The van der Waals surface area contributed by atoms with E-state index in [1.54, 1.807) is 6.92 Å². The van der Waals surface area contributed by atoms with Crippen LogP contribution in [0.5, 0.6) is 0 Å². The minimum atomic E-state index is -0.879. The minimum Gasteiger partial charge on any atom is -0.323 e. The lowest BCUT2D eigenvalue weighted by Crippen LogP contribution is -2.25. The first kappa shape index (κ1) is 15.5. The average Bonchev–Trinajstić information content (AvgIpc) is 2.90. The number of nitrogens with one attached hydrogen (secondary N) is 1. The highest BCUT2D eigenvalue weighted by Gasteiger charge is 2.17. The van der Waals surface area contributed by atoms with Gasteiger partial charge < -0.3 is 5.32 Å². The van der Waals surface area contributed by atoms with E-state index in [2.05, 4.69) is 10.4 Å². The summed E-state index contributed by atoms with van der Waals surface area (Å²) >= 11 is 0. The molecular weight excluding hydrogens is 298 g/mol. The van der Waals surface area contributed by atoms with Crippen LogP contribution in [0.2, 0.25) is 0 Å². The highest BCUT2D eigenvalue weighted by atomic mass is 19.1. The van der Waals surface area contributed by atoms with E-state index < -0.39 is 28.4 Å². The van der Waals surface area contributed by atoms with Gasteiger partial charge in [0, 0.05) is 6.07 Å². The van der Waals surface area contributed by atoms with Gasteiger partial charge >= 0.3 is 5.69 Å². The predicted molar refractivity (Wildman–Crippen MR) is 73.0 cm³/mol. The fourth-order valence-electron chi connectivity index (χ4n) is 1.76. The summed E-state index contributed by atoms with van der Waals surface area (Å²) in [7, 11) is 0. The average molecular weight is 310 g/mol. The van der Waals surface area contributed by atoms with Crippen molar-refractivity contribution in [3.05, 3.63) is 52.3 Å². The second kappa shape index (κ2) is 6.29. The quantitative estimate of drug-likeness (QED) is 0.678. The molecule has 7 nitrogen and oxygen atoms in total. The van der Waals surface area contributed by atoms with Crippen molar-refractivity contribution in [1.29, 1.82) is 0 Å². The lowest BCUT2D eigenvalue weighted by Gasteiger charge is -2.12. The molecule has 0 aliphatic carbocycles. The molecule has 2 rings (SSSR count). The zero-order valence-electron chi connectivity index (χ0n) is 11.5. The Morgan fingerprint density at radius 3 is 2.82 bits per heavy atom. The third-order valence-electron chi connectivity index (χ3n) is 2.93. The largest absolute Gasteiger partial charge is 0.323 e. The van der Waals surface area contributed by atoms with E-state index in [4.69, 9.17) is 0 Å². The fraction of sp³-hybridized carbons (Fsp3) is 0.231. The van der Waals surface area contributed by atoms with Crippen LogP contribution in [0.25, 0.3) is 0 Å². The molecule has 0 bridgehead atoms. The molecule has 2 aromatic rings. The molecule has 1 N–H and O–H groups in total. The molecule has 22 heavy (non-hydrogen) atoms. The van der Waals surface area contributed by atoms with Crippen LogP contribution >= 0.6 is 0 Å². The molecule has 0 radical (unpaired) electrons. The molecule has 116 valence electrons. The number of hydrogen-bond acceptors (Lipinski definition) is 4. The summed E-state index contributed by atoms with van der Waals surface area (Å²) in [5.41, 5.74) is -0.318. The van der Waals surface area contributed by atoms with Gasteiger partial charge in [-0.15, -0.1) is 0 Å². The first-order valence-corrected chi connectivity index (χ1v) is 6.29. The van der Waals surface area contributed by atoms with Crippen molar-refractivity contribution in [2.45, 2.75) is 13.5 Å². The van der Waals surface area contributed by atoms with Crippen molar-refractivity contribution in [2.24, 2.45) is 5.92 Å². The van der Waals surface area contributed by atoms with Gasteiger partial charge in [-0.25, -0.2) is 8.78 Å². The molecule has 0 aliphatic rings. The normalized spacial score (nSPS) is 12.0. The molecule has 0 saturated carbocycles. The van der Waals surface area contributed by atoms with Gasteiger partial charge in [0.15, 0.2) is 0 Å². The molecule has 0 aliphatic heterocycles. The van der Waals surface area contributed by atoms with Crippen LogP contribution in [-0.4, -0.2) is 20.6 Å². The molecular formula is C13H12F2N4O3. The maximum Gasteiger partial charge on any atom is 0.306 e. The predicted octanol–water partition coefficient (Wildman–Crippen LogP) is 2.34. The Bertz CT molecular complexity index is 717. The van der Waals surface area contributed by atoms with Gasteiger partial charge in [-0.3, -0.25) is 19.6 Å². The number of anilines is 1. The lowest BCUT2D eigenvalue weighted by molar-refractivity contribution is -0.385. The number of hydrogen-bond donors (Lipinski definition) is 1. The van der Waals surface area contributed by atoms with Crippen molar-refractivity contribution in [3.8, 4) is 0 Å². The molecule has 1 aromatic heterocycles. The number of halogens is 2. The van der Waals surface area contributed by atoms with Gasteiger partial charge in [-0.05, 0) is 12.1 Å². The molecule has 0 spiro atoms. The van der Waals surface area contributed by atoms with E-state index in [1.807, 2.05) is 0 Å². The summed E-state index contributed by atoms with van der Waals surface area (Å²) in [5, 5.41) is 16.6. The Morgan fingerprint density at radius 2 is 2.23 bits per heavy atom. The Balaban J connectivity index is 2.00. The SMILES string of the molecule is C[C@@H](Cn1cc([N+](=O)[O-])cn1)C(=O)Nc1ccc(F)cc1F. The van der Waals surface area contributed by atoms with Crippen molar-refractivity contribution in [2.75, 3.05) is 5.32 Å². The van der Waals surface area contributed by atoms with Crippen molar-refractivity contribution >= 4 is 17.3 Å². The molecule has 1 aromatic carbocycles. The number of nitrogens with zero attached hydrogens (tertiary/aromatic N) is 3. The maximum absolute atomic E-state index is 13.4. The number of benzene rings is 1. The Kier molecular flexibility index (Phi) is 4.44. The van der Waals surface area contributed by atoms with E-state index in [-0.39, 0.29) is 17.9 Å². The van der Waals surface area contributed by atoms with E-state index >= 15 is 0 Å². The molecule has 1 heterocycles. The van der Waals surface area contributed by atoms with Crippen LogP contribution in [-0.2, 0) is 11.3 Å². The first-order chi connectivity index (χ1) is 10.4. The van der Waals surface area contributed by atoms with Gasteiger partial charge in [-0.1, -0.05) is 6.92 Å². The fourth-order valence-corrected chi connectivity index (χ4v) is 1.76. The first-order valence-electron chi connectivity index (χ1n) is 6.29. The highest BCUT2D eigenvalue weighted by Crippen LogP contribution is 2.16. The summed E-state index contributed by atoms with van der Waals surface area (Å²) in [5.74, 6) is -2.75. The van der Waals surface area contributed by atoms with Gasteiger partial charge in [0.2, 0.25) is 5.91 Å². The zero-order chi connectivity index (χ0) is 16.3. The molecule has 9 heteroatoms. The van der Waals surface area contributed by atoms with Crippen LogP contribution in [0, 0.1) is 27.7 Å². The molecule has 0 fully saturated rings. The van der Waals surface area contributed by atoms with Gasteiger partial charge in [0.1, 0.15) is 24.0 Å². The maximum atomic E-state index is 13.4. The van der Waals surface area contributed by atoms with Crippen molar-refractivity contribution in [1.82, 2.24) is 9.78 Å². The van der Waals surface area contributed by atoms with Gasteiger partial charge in [0.05, 0.1) is 23.1 Å². The summed E-state index contributed by atoms with van der Waals surface area (Å²) in [6.45, 7) is 1.65. The number of nitro groups is 1. The topological polar surface area (TPSA) is 90.1 Å². The monoisotopic (exact) mass is 310 g/mol. The Labute approximate surface area is 123 Å². The number of carbonyl (C=O) groups excluding carboxylic acids is 1. The minimum absolute atomic E-state index is 0.0858. The standard InChI is InChI=1S/C13H12F2N4O3/c1-8(6-18-7-10(5-16-18)19(21)22)13(20)17-12-3-2-9(14)4-11(12)15/h2-5,7-8H,6H2,1H3,(H,17,20)/t8-/m0/s1. The van der Waals surface area contributed by atoms with E-state index in [9.17, 15) is 23.7 Å². The number of amides is 1. The summed E-state index contributed by atoms with van der Waals surface area (Å²) in [6.07, 6.45) is 2.27. The smallest absolute Gasteiger partial charge is 0.306 e. The highest BCUT2D eigenvalue weighted by molar-refractivity contribution is 5.92. The third-order valence-corrected chi connectivity index (χ3v) is 2.93. The Morgan fingerprint density at radius 1 is 1.50 bits per heavy atom. The molecule has 0 saturated heterocycles. The summed E-state index contributed by atoms with van der Waals surface area (Å²) in [4.78, 5) is 21.9. The van der Waals surface area contributed by atoms with E-state index in [0.29, 0.717) is 6.07 Å². The van der Waals surface area contributed by atoms with Crippen LogP contribution in [0.3, 0.4) is 0 Å². The summed E-state index contributed by atoms with van der Waals surface area (Å²) < 4.78 is 27.5. The van der Waals surface area contributed by atoms with E-state index in [0.717, 1.165) is 18.3 Å². The molecule has 1 atom stereocenters. The molecule has 1 amide bonds. The number of aromatic nitrogens is 2. The van der Waals surface area contributed by atoms with Gasteiger partial charge in [-0.2, -0.15) is 5.10 Å². The van der Waals surface area contributed by atoms with Crippen molar-refractivity contribution in [3.63, 3.8) is 0 Å². The van der Waals surface area contributed by atoms with Crippen molar-refractivity contribution < 1.29 is 18.5 Å². The summed E-state index contributed by atoms with van der Waals surface area (Å²) in [6, 6.07) is 2.81. The van der Waals surface area contributed by atoms with Gasteiger partial charge in [0.25, 0.3) is 0 Å². The Hall–Kier alpha value is -2.84. The van der Waals surface area contributed by atoms with Crippen LogP contribution < -0.4 is 5.32 Å². The second-order valence-electron chi connectivity index (χ2n) is 4.69. The molecule has 0 unspecified atom stereocenters.